The number of benzene rings is 1. The molecule has 1 aromatic heterocycles. The van der Waals surface area contributed by atoms with Gasteiger partial charge in [0.15, 0.2) is 5.75 Å². The average Bonchev–Trinajstić information content (AvgIpc) is 2.90. The highest BCUT2D eigenvalue weighted by Crippen LogP contribution is 2.27. The number of halogens is 5. The fourth-order valence-corrected chi connectivity index (χ4v) is 1.63. The molecule has 118 valence electrons. The van der Waals surface area contributed by atoms with E-state index < -0.39 is 36.3 Å². The van der Waals surface area contributed by atoms with E-state index in [9.17, 15) is 26.7 Å². The molecule has 0 saturated carbocycles. The largest absolute Gasteiger partial charge is 0.432 e. The van der Waals surface area contributed by atoms with Gasteiger partial charge in [-0.1, -0.05) is 0 Å². The molecule has 2 aromatic rings. The third kappa shape index (κ3) is 3.51. The Morgan fingerprint density at radius 1 is 1.23 bits per heavy atom. The van der Waals surface area contributed by atoms with E-state index in [2.05, 4.69) is 15.2 Å². The highest BCUT2D eigenvalue weighted by molar-refractivity contribution is 6.03. The lowest BCUT2D eigenvalue weighted by atomic mass is 10.2. The number of aromatic nitrogens is 2. The van der Waals surface area contributed by atoms with E-state index in [4.69, 9.17) is 0 Å². The molecular weight excluding hydrogens is 313 g/mol. The van der Waals surface area contributed by atoms with Gasteiger partial charge in [0, 0.05) is 12.3 Å². The van der Waals surface area contributed by atoms with Crippen LogP contribution in [0.25, 0.3) is 0 Å². The van der Waals surface area contributed by atoms with Crippen LogP contribution in [-0.2, 0) is 0 Å². The topological polar surface area (TPSA) is 56.1 Å². The van der Waals surface area contributed by atoms with Gasteiger partial charge in [0.2, 0.25) is 0 Å². The SMILES string of the molecule is O=C(Nc1ccc(F)cc1OC(F)F)c1ccnn1C(F)F. The monoisotopic (exact) mass is 321 g/mol. The number of nitrogens with one attached hydrogen (secondary N) is 1. The maximum absolute atomic E-state index is 13.0. The van der Waals surface area contributed by atoms with Crippen molar-refractivity contribution in [1.82, 2.24) is 9.78 Å². The van der Waals surface area contributed by atoms with Crippen molar-refractivity contribution in [3.05, 3.63) is 42.0 Å². The number of amides is 1. The van der Waals surface area contributed by atoms with E-state index in [1.54, 1.807) is 0 Å². The van der Waals surface area contributed by atoms with E-state index in [0.29, 0.717) is 6.07 Å². The fourth-order valence-electron chi connectivity index (χ4n) is 1.63. The van der Waals surface area contributed by atoms with Crippen LogP contribution in [0.1, 0.15) is 17.0 Å². The van der Waals surface area contributed by atoms with Gasteiger partial charge in [0.1, 0.15) is 11.5 Å². The summed E-state index contributed by atoms with van der Waals surface area (Å²) in [7, 11) is 0. The summed E-state index contributed by atoms with van der Waals surface area (Å²) < 4.78 is 66.9. The normalized spacial score (nSPS) is 11.0. The second-order valence-electron chi connectivity index (χ2n) is 3.91. The van der Waals surface area contributed by atoms with Crippen LogP contribution >= 0.6 is 0 Å². The van der Waals surface area contributed by atoms with Crippen molar-refractivity contribution in [1.29, 1.82) is 0 Å². The van der Waals surface area contributed by atoms with Crippen molar-refractivity contribution in [2.24, 2.45) is 0 Å². The number of carbonyl (C=O) groups is 1. The first-order chi connectivity index (χ1) is 10.4. The van der Waals surface area contributed by atoms with Crippen molar-refractivity contribution >= 4 is 11.6 Å². The van der Waals surface area contributed by atoms with Crippen LogP contribution in [0.15, 0.2) is 30.5 Å². The number of hydrogen-bond acceptors (Lipinski definition) is 3. The van der Waals surface area contributed by atoms with Gasteiger partial charge in [-0.2, -0.15) is 27.3 Å². The Morgan fingerprint density at radius 2 is 1.95 bits per heavy atom. The average molecular weight is 321 g/mol. The molecule has 5 nitrogen and oxygen atoms in total. The summed E-state index contributed by atoms with van der Waals surface area (Å²) in [6.07, 6.45) is 0.975. The van der Waals surface area contributed by atoms with Gasteiger partial charge in [-0.25, -0.2) is 4.39 Å². The second kappa shape index (κ2) is 6.41. The molecule has 22 heavy (non-hydrogen) atoms. The van der Waals surface area contributed by atoms with Gasteiger partial charge in [0.25, 0.3) is 5.91 Å². The van der Waals surface area contributed by atoms with Crippen molar-refractivity contribution in [3.8, 4) is 5.75 Å². The summed E-state index contributed by atoms with van der Waals surface area (Å²) in [5.41, 5.74) is -0.795. The predicted molar refractivity (Wildman–Crippen MR) is 64.5 cm³/mol. The van der Waals surface area contributed by atoms with Crippen LogP contribution in [0.3, 0.4) is 0 Å². The third-order valence-corrected chi connectivity index (χ3v) is 2.50. The Bertz CT molecular complexity index is 675. The quantitative estimate of drug-likeness (QED) is 0.860. The highest BCUT2D eigenvalue weighted by atomic mass is 19.3. The fraction of sp³-hybridized carbons (Fsp3) is 0.167. The lowest BCUT2D eigenvalue weighted by Crippen LogP contribution is -2.19. The van der Waals surface area contributed by atoms with Crippen LogP contribution in [0.5, 0.6) is 5.75 Å². The van der Waals surface area contributed by atoms with Crippen LogP contribution < -0.4 is 10.1 Å². The summed E-state index contributed by atoms with van der Waals surface area (Å²) in [6.45, 7) is -6.30. The van der Waals surface area contributed by atoms with E-state index in [0.717, 1.165) is 24.4 Å². The molecule has 0 spiro atoms. The van der Waals surface area contributed by atoms with E-state index in [1.165, 1.54) is 0 Å². The molecule has 0 fully saturated rings. The summed E-state index contributed by atoms with van der Waals surface area (Å²) in [6, 6.07) is 3.50. The zero-order valence-corrected chi connectivity index (χ0v) is 10.6. The number of anilines is 1. The summed E-state index contributed by atoms with van der Waals surface area (Å²) in [4.78, 5) is 11.9. The van der Waals surface area contributed by atoms with E-state index in [-0.39, 0.29) is 10.4 Å². The van der Waals surface area contributed by atoms with Gasteiger partial charge in [-0.3, -0.25) is 4.79 Å². The first-order valence-corrected chi connectivity index (χ1v) is 5.76. The summed E-state index contributed by atoms with van der Waals surface area (Å²) >= 11 is 0. The molecule has 0 atom stereocenters. The minimum Gasteiger partial charge on any atom is -0.432 e. The Kier molecular flexibility index (Phi) is 4.59. The van der Waals surface area contributed by atoms with Crippen LogP contribution in [0, 0.1) is 5.82 Å². The highest BCUT2D eigenvalue weighted by Gasteiger charge is 2.20. The molecule has 10 heteroatoms. The number of rotatable bonds is 5. The molecule has 1 aromatic carbocycles. The van der Waals surface area contributed by atoms with E-state index >= 15 is 0 Å². The lowest BCUT2D eigenvalue weighted by molar-refractivity contribution is -0.0495. The summed E-state index contributed by atoms with van der Waals surface area (Å²) in [5.74, 6) is -2.54. The Morgan fingerprint density at radius 3 is 2.59 bits per heavy atom. The molecule has 1 amide bonds. The second-order valence-corrected chi connectivity index (χ2v) is 3.91. The first-order valence-electron chi connectivity index (χ1n) is 5.76. The van der Waals surface area contributed by atoms with Crippen molar-refractivity contribution < 1.29 is 31.5 Å². The minimum atomic E-state index is -3.25. The number of nitrogens with zero attached hydrogens (tertiary/aromatic N) is 2. The Hall–Kier alpha value is -2.65. The molecule has 0 radical (unpaired) electrons. The zero-order chi connectivity index (χ0) is 16.3. The number of hydrogen-bond donors (Lipinski definition) is 1. The van der Waals surface area contributed by atoms with Crippen LogP contribution in [0.4, 0.5) is 27.6 Å². The first kappa shape index (κ1) is 15.7. The van der Waals surface area contributed by atoms with Gasteiger partial charge in [-0.15, -0.1) is 0 Å². The molecule has 0 aliphatic carbocycles. The molecule has 2 rings (SSSR count). The number of carbonyl (C=O) groups excluding carboxylic acids is 1. The molecule has 0 saturated heterocycles. The summed E-state index contributed by atoms with van der Waals surface area (Å²) in [5, 5.41) is 5.34. The smallest absolute Gasteiger partial charge is 0.387 e. The zero-order valence-electron chi connectivity index (χ0n) is 10.6. The minimum absolute atomic E-state index is 0.145. The standard InChI is InChI=1S/C12H8F5N3O2/c13-6-1-2-7(9(5-6)22-12(16)17)19-10(21)8-3-4-18-20(8)11(14)15/h1-5,11-12H,(H,19,21). The molecule has 0 aliphatic rings. The maximum atomic E-state index is 13.0. The molecule has 0 bridgehead atoms. The van der Waals surface area contributed by atoms with E-state index in [1.807, 2.05) is 0 Å². The van der Waals surface area contributed by atoms with Gasteiger partial charge < -0.3 is 10.1 Å². The van der Waals surface area contributed by atoms with Crippen molar-refractivity contribution in [2.75, 3.05) is 5.32 Å². The number of ether oxygens (including phenoxy) is 1. The molecule has 0 aliphatic heterocycles. The van der Waals surface area contributed by atoms with Crippen LogP contribution in [0.2, 0.25) is 0 Å². The van der Waals surface area contributed by atoms with Crippen molar-refractivity contribution in [3.63, 3.8) is 0 Å². The molecular formula is C12H8F5N3O2. The maximum Gasteiger partial charge on any atom is 0.387 e. The predicted octanol–water partition coefficient (Wildman–Crippen LogP) is 3.27. The van der Waals surface area contributed by atoms with Gasteiger partial charge >= 0.3 is 13.2 Å². The van der Waals surface area contributed by atoms with Gasteiger partial charge in [0.05, 0.1) is 5.69 Å². The lowest BCUT2D eigenvalue weighted by Gasteiger charge is -2.12. The Balaban J connectivity index is 2.26. The van der Waals surface area contributed by atoms with Crippen molar-refractivity contribution in [2.45, 2.75) is 13.2 Å². The third-order valence-electron chi connectivity index (χ3n) is 2.50. The molecule has 0 unspecified atom stereocenters. The Labute approximate surface area is 120 Å². The van der Waals surface area contributed by atoms with Crippen LogP contribution in [-0.4, -0.2) is 22.3 Å². The molecule has 1 N–H and O–H groups in total. The van der Waals surface area contributed by atoms with Gasteiger partial charge in [-0.05, 0) is 18.2 Å². The molecule has 1 heterocycles. The number of alkyl halides is 4.